The first-order valence-electron chi connectivity index (χ1n) is 13.4. The van der Waals surface area contributed by atoms with E-state index in [1.807, 2.05) is 55.1 Å². The van der Waals surface area contributed by atoms with Gasteiger partial charge < -0.3 is 0 Å². The van der Waals surface area contributed by atoms with E-state index in [-0.39, 0.29) is 0 Å². The van der Waals surface area contributed by atoms with Crippen LogP contribution in [0.5, 0.6) is 0 Å². The summed E-state index contributed by atoms with van der Waals surface area (Å²) in [4.78, 5) is 13.7. The lowest BCUT2D eigenvalue weighted by Crippen LogP contribution is -1.92. The van der Waals surface area contributed by atoms with E-state index in [0.29, 0.717) is 0 Å². The molecule has 0 spiro atoms. The highest BCUT2D eigenvalue weighted by atomic mass is 14.7. The van der Waals surface area contributed by atoms with Crippen LogP contribution in [-0.4, -0.2) is 15.0 Å². The fourth-order valence-electron chi connectivity index (χ4n) is 5.97. The van der Waals surface area contributed by atoms with Gasteiger partial charge in [-0.1, -0.05) is 66.7 Å². The molecule has 5 aromatic carbocycles. The molecule has 0 fully saturated rings. The average Bonchev–Trinajstić information content (AvgIpc) is 3.04. The molecule has 0 N–H and O–H groups in total. The normalized spacial score (nSPS) is 11.5. The second-order valence-corrected chi connectivity index (χ2v) is 10.1. The summed E-state index contributed by atoms with van der Waals surface area (Å²) in [7, 11) is 0. The Bertz CT molecular complexity index is 2080. The molecule has 186 valence electrons. The highest BCUT2D eigenvalue weighted by molar-refractivity contribution is 6.27. The zero-order valence-corrected chi connectivity index (χ0v) is 21.6. The molecule has 0 saturated carbocycles. The molecule has 0 aliphatic carbocycles. The first-order valence-corrected chi connectivity index (χ1v) is 13.4. The van der Waals surface area contributed by atoms with E-state index in [1.165, 1.54) is 43.4 Å². The molecule has 0 atom stereocenters. The highest BCUT2D eigenvalue weighted by Gasteiger charge is 2.16. The summed E-state index contributed by atoms with van der Waals surface area (Å²) in [5.41, 5.74) is 8.71. The smallest absolute Gasteiger partial charge is 0.0702 e. The van der Waals surface area contributed by atoms with Crippen LogP contribution >= 0.6 is 0 Å². The van der Waals surface area contributed by atoms with Crippen molar-refractivity contribution in [1.82, 2.24) is 15.0 Å². The maximum atomic E-state index is 4.66. The lowest BCUT2D eigenvalue weighted by atomic mass is 9.86. The summed E-state index contributed by atoms with van der Waals surface area (Å²) >= 11 is 0. The van der Waals surface area contributed by atoms with Crippen LogP contribution in [0.1, 0.15) is 0 Å². The summed E-state index contributed by atoms with van der Waals surface area (Å²) in [5.74, 6) is 0. The Morgan fingerprint density at radius 1 is 0.400 bits per heavy atom. The van der Waals surface area contributed by atoms with Gasteiger partial charge in [-0.3, -0.25) is 15.0 Å². The Kier molecular flexibility index (Phi) is 5.14. The molecule has 0 aliphatic heterocycles. The third kappa shape index (κ3) is 3.63. The maximum Gasteiger partial charge on any atom is 0.0702 e. The standard InChI is InChI=1S/C37H23N3/c1-3-18-39-34(7-1)28-20-27(21-29(22-28)35-8-2-4-19-40-35)31-14-10-25-11-15-32-30(26-6-5-17-38-23-26)13-9-24-12-16-33(31)37(25)36(24)32/h1-23H. The van der Waals surface area contributed by atoms with Crippen molar-refractivity contribution < 1.29 is 0 Å². The molecule has 3 heteroatoms. The van der Waals surface area contributed by atoms with Crippen molar-refractivity contribution in [1.29, 1.82) is 0 Å². The van der Waals surface area contributed by atoms with Crippen LogP contribution < -0.4 is 0 Å². The van der Waals surface area contributed by atoms with Crippen LogP contribution in [0.4, 0.5) is 0 Å². The third-order valence-corrected chi connectivity index (χ3v) is 7.80. The third-order valence-electron chi connectivity index (χ3n) is 7.80. The molecule has 0 unspecified atom stereocenters. The summed E-state index contributed by atoms with van der Waals surface area (Å²) in [6.07, 6.45) is 7.46. The molecule has 8 aromatic rings. The Hall–Kier alpha value is -5.41. The predicted octanol–water partition coefficient (Wildman–Crippen LogP) is 9.44. The second kappa shape index (κ2) is 9.11. The van der Waals surface area contributed by atoms with E-state index in [0.717, 1.165) is 33.6 Å². The van der Waals surface area contributed by atoms with Crippen molar-refractivity contribution in [3.63, 3.8) is 0 Å². The van der Waals surface area contributed by atoms with Gasteiger partial charge >= 0.3 is 0 Å². The summed E-state index contributed by atoms with van der Waals surface area (Å²) in [6.45, 7) is 0. The van der Waals surface area contributed by atoms with Crippen LogP contribution in [0, 0.1) is 0 Å². The van der Waals surface area contributed by atoms with Gasteiger partial charge in [-0.15, -0.1) is 0 Å². The minimum Gasteiger partial charge on any atom is -0.264 e. The van der Waals surface area contributed by atoms with Crippen molar-refractivity contribution in [3.8, 4) is 44.8 Å². The van der Waals surface area contributed by atoms with Gasteiger partial charge in [0.2, 0.25) is 0 Å². The van der Waals surface area contributed by atoms with E-state index >= 15 is 0 Å². The van der Waals surface area contributed by atoms with Crippen molar-refractivity contribution in [2.75, 3.05) is 0 Å². The van der Waals surface area contributed by atoms with E-state index in [9.17, 15) is 0 Å². The molecule has 0 saturated heterocycles. The van der Waals surface area contributed by atoms with Gasteiger partial charge in [0.15, 0.2) is 0 Å². The zero-order valence-electron chi connectivity index (χ0n) is 21.6. The van der Waals surface area contributed by atoms with Gasteiger partial charge in [-0.2, -0.15) is 0 Å². The molecule has 0 aliphatic rings. The number of hydrogen-bond acceptors (Lipinski definition) is 3. The SMILES string of the molecule is c1ccc(-c2cc(-c3ccccn3)cc(-c3ccc4ccc5c(-c6cccnc6)ccc6ccc3c4c65)c2)nc1. The first kappa shape index (κ1) is 22.6. The van der Waals surface area contributed by atoms with Gasteiger partial charge in [0, 0.05) is 41.5 Å². The molecule has 0 radical (unpaired) electrons. The van der Waals surface area contributed by atoms with Gasteiger partial charge in [-0.05, 0) is 97.5 Å². The molecule has 40 heavy (non-hydrogen) atoms. The van der Waals surface area contributed by atoms with E-state index < -0.39 is 0 Å². The molecule has 8 rings (SSSR count). The van der Waals surface area contributed by atoms with E-state index in [1.54, 1.807) is 0 Å². The summed E-state index contributed by atoms with van der Waals surface area (Å²) in [6, 6.07) is 40.9. The Balaban J connectivity index is 1.41. The molecule has 0 bridgehead atoms. The quantitative estimate of drug-likeness (QED) is 0.222. The van der Waals surface area contributed by atoms with Crippen LogP contribution in [-0.2, 0) is 0 Å². The molecule has 3 aromatic heterocycles. The number of hydrogen-bond donors (Lipinski definition) is 0. The van der Waals surface area contributed by atoms with E-state index in [2.05, 4.69) is 99.9 Å². The lowest BCUT2D eigenvalue weighted by Gasteiger charge is -2.17. The zero-order chi connectivity index (χ0) is 26.5. The van der Waals surface area contributed by atoms with Crippen molar-refractivity contribution in [2.24, 2.45) is 0 Å². The number of aromatic nitrogens is 3. The fraction of sp³-hybridized carbons (Fsp3) is 0. The molecule has 3 nitrogen and oxygen atoms in total. The Labute approximate surface area is 231 Å². The van der Waals surface area contributed by atoms with Crippen LogP contribution in [0.25, 0.3) is 77.1 Å². The number of pyridine rings is 3. The fourth-order valence-corrected chi connectivity index (χ4v) is 5.97. The van der Waals surface area contributed by atoms with Gasteiger partial charge in [-0.25, -0.2) is 0 Å². The summed E-state index contributed by atoms with van der Waals surface area (Å²) in [5, 5.41) is 7.56. The van der Waals surface area contributed by atoms with Crippen molar-refractivity contribution in [3.05, 3.63) is 140 Å². The van der Waals surface area contributed by atoms with E-state index in [4.69, 9.17) is 0 Å². The van der Waals surface area contributed by atoms with Crippen LogP contribution in [0.2, 0.25) is 0 Å². The number of rotatable bonds is 4. The number of nitrogens with zero attached hydrogens (tertiary/aromatic N) is 3. The Morgan fingerprint density at radius 2 is 0.950 bits per heavy atom. The minimum atomic E-state index is 0.945. The van der Waals surface area contributed by atoms with Crippen LogP contribution in [0.15, 0.2) is 140 Å². The van der Waals surface area contributed by atoms with Gasteiger partial charge in [0.1, 0.15) is 0 Å². The largest absolute Gasteiger partial charge is 0.264 e. The van der Waals surface area contributed by atoms with Crippen LogP contribution in [0.3, 0.4) is 0 Å². The second-order valence-electron chi connectivity index (χ2n) is 10.1. The van der Waals surface area contributed by atoms with Gasteiger partial charge in [0.05, 0.1) is 11.4 Å². The minimum absolute atomic E-state index is 0.945. The number of benzene rings is 5. The Morgan fingerprint density at radius 3 is 1.48 bits per heavy atom. The average molecular weight is 510 g/mol. The summed E-state index contributed by atoms with van der Waals surface area (Å²) < 4.78 is 0. The van der Waals surface area contributed by atoms with Gasteiger partial charge in [0.25, 0.3) is 0 Å². The van der Waals surface area contributed by atoms with Crippen molar-refractivity contribution >= 4 is 32.3 Å². The van der Waals surface area contributed by atoms with Crippen molar-refractivity contribution in [2.45, 2.75) is 0 Å². The molecule has 0 amide bonds. The predicted molar refractivity (Wildman–Crippen MR) is 165 cm³/mol. The lowest BCUT2D eigenvalue weighted by molar-refractivity contribution is 1.31. The highest BCUT2D eigenvalue weighted by Crippen LogP contribution is 2.43. The molecular formula is C37H23N3. The first-order chi connectivity index (χ1) is 19.8. The topological polar surface area (TPSA) is 38.7 Å². The maximum absolute atomic E-state index is 4.66. The molecule has 3 heterocycles. The monoisotopic (exact) mass is 509 g/mol. The molecular weight excluding hydrogens is 486 g/mol.